The largest absolute Gasteiger partial charge is 0.338 e. The number of rotatable bonds is 2. The minimum Gasteiger partial charge on any atom is -0.338 e. The number of carbonyl (C=O) groups is 1. The van der Waals surface area contributed by atoms with Crippen LogP contribution in [0, 0.1) is 5.92 Å². The van der Waals surface area contributed by atoms with Gasteiger partial charge in [0, 0.05) is 25.7 Å². The SMILES string of the molecule is NCC1CCCCN1C(=O)C1CCCNC1. The summed E-state index contributed by atoms with van der Waals surface area (Å²) in [6.07, 6.45) is 5.61. The Bertz CT molecular complexity index is 238. The molecular formula is C12H23N3O. The van der Waals surface area contributed by atoms with Gasteiger partial charge in [0.1, 0.15) is 0 Å². The van der Waals surface area contributed by atoms with Crippen LogP contribution in [-0.2, 0) is 4.79 Å². The molecule has 0 spiro atoms. The van der Waals surface area contributed by atoms with Crippen molar-refractivity contribution in [2.75, 3.05) is 26.2 Å². The number of likely N-dealkylation sites (tertiary alicyclic amines) is 1. The molecule has 4 heteroatoms. The van der Waals surface area contributed by atoms with Crippen LogP contribution in [0.15, 0.2) is 0 Å². The number of nitrogens with zero attached hydrogens (tertiary/aromatic N) is 1. The first-order valence-electron chi connectivity index (χ1n) is 6.54. The third-order valence-electron chi connectivity index (χ3n) is 3.83. The third-order valence-corrected chi connectivity index (χ3v) is 3.83. The van der Waals surface area contributed by atoms with Gasteiger partial charge < -0.3 is 16.0 Å². The topological polar surface area (TPSA) is 58.4 Å². The quantitative estimate of drug-likeness (QED) is 0.712. The lowest BCUT2D eigenvalue weighted by Crippen LogP contribution is -2.51. The number of amides is 1. The van der Waals surface area contributed by atoms with Crippen LogP contribution in [-0.4, -0.2) is 43.0 Å². The molecular weight excluding hydrogens is 202 g/mol. The van der Waals surface area contributed by atoms with Crippen LogP contribution in [0.3, 0.4) is 0 Å². The Morgan fingerprint density at radius 1 is 1.31 bits per heavy atom. The number of nitrogens with two attached hydrogens (primary N) is 1. The zero-order valence-corrected chi connectivity index (χ0v) is 9.95. The molecule has 16 heavy (non-hydrogen) atoms. The van der Waals surface area contributed by atoms with Crippen LogP contribution in [0.25, 0.3) is 0 Å². The van der Waals surface area contributed by atoms with Crippen molar-refractivity contribution in [3.05, 3.63) is 0 Å². The van der Waals surface area contributed by atoms with Gasteiger partial charge in [-0.2, -0.15) is 0 Å². The molecule has 2 unspecified atom stereocenters. The van der Waals surface area contributed by atoms with Gasteiger partial charge in [-0.15, -0.1) is 0 Å². The van der Waals surface area contributed by atoms with Crippen LogP contribution < -0.4 is 11.1 Å². The van der Waals surface area contributed by atoms with Gasteiger partial charge in [-0.25, -0.2) is 0 Å². The monoisotopic (exact) mass is 225 g/mol. The van der Waals surface area contributed by atoms with Gasteiger partial charge in [0.2, 0.25) is 5.91 Å². The van der Waals surface area contributed by atoms with Gasteiger partial charge in [0.15, 0.2) is 0 Å². The van der Waals surface area contributed by atoms with E-state index in [4.69, 9.17) is 5.73 Å². The first kappa shape index (κ1) is 11.9. The highest BCUT2D eigenvalue weighted by Gasteiger charge is 2.31. The van der Waals surface area contributed by atoms with E-state index in [2.05, 4.69) is 5.32 Å². The fourth-order valence-electron chi connectivity index (χ4n) is 2.83. The molecule has 92 valence electrons. The van der Waals surface area contributed by atoms with Crippen molar-refractivity contribution in [2.24, 2.45) is 11.7 Å². The zero-order valence-electron chi connectivity index (χ0n) is 9.95. The standard InChI is InChI=1S/C12H23N3O/c13-8-11-5-1-2-7-15(11)12(16)10-4-3-6-14-9-10/h10-11,14H,1-9,13H2. The molecule has 0 bridgehead atoms. The van der Waals surface area contributed by atoms with Crippen molar-refractivity contribution in [1.29, 1.82) is 0 Å². The highest BCUT2D eigenvalue weighted by molar-refractivity contribution is 5.79. The molecule has 0 radical (unpaired) electrons. The summed E-state index contributed by atoms with van der Waals surface area (Å²) in [4.78, 5) is 14.4. The van der Waals surface area contributed by atoms with E-state index in [0.29, 0.717) is 18.5 Å². The van der Waals surface area contributed by atoms with Crippen molar-refractivity contribution in [2.45, 2.75) is 38.1 Å². The van der Waals surface area contributed by atoms with Gasteiger partial charge in [0.05, 0.1) is 5.92 Å². The number of hydrogen-bond acceptors (Lipinski definition) is 3. The van der Waals surface area contributed by atoms with E-state index >= 15 is 0 Å². The second-order valence-corrected chi connectivity index (χ2v) is 4.96. The second kappa shape index (κ2) is 5.64. The van der Waals surface area contributed by atoms with E-state index in [0.717, 1.165) is 45.3 Å². The van der Waals surface area contributed by atoms with E-state index < -0.39 is 0 Å². The molecule has 0 aromatic carbocycles. The summed E-state index contributed by atoms with van der Waals surface area (Å²) in [6, 6.07) is 0.295. The lowest BCUT2D eigenvalue weighted by atomic mass is 9.94. The molecule has 2 fully saturated rings. The van der Waals surface area contributed by atoms with Crippen LogP contribution in [0.4, 0.5) is 0 Å². The predicted octanol–water partition coefficient (Wildman–Crippen LogP) is 0.326. The van der Waals surface area contributed by atoms with E-state index in [9.17, 15) is 4.79 Å². The molecule has 0 aliphatic carbocycles. The van der Waals surface area contributed by atoms with Crippen molar-refractivity contribution >= 4 is 5.91 Å². The maximum Gasteiger partial charge on any atom is 0.227 e. The highest BCUT2D eigenvalue weighted by Crippen LogP contribution is 2.21. The van der Waals surface area contributed by atoms with Gasteiger partial charge in [-0.1, -0.05) is 0 Å². The average Bonchev–Trinajstić information content (AvgIpc) is 2.39. The van der Waals surface area contributed by atoms with Crippen LogP contribution >= 0.6 is 0 Å². The maximum absolute atomic E-state index is 12.4. The van der Waals surface area contributed by atoms with Crippen LogP contribution in [0.2, 0.25) is 0 Å². The summed E-state index contributed by atoms with van der Waals surface area (Å²) in [5, 5.41) is 3.31. The molecule has 0 aromatic heterocycles. The molecule has 2 saturated heterocycles. The highest BCUT2D eigenvalue weighted by atomic mass is 16.2. The van der Waals surface area contributed by atoms with Gasteiger partial charge in [-0.05, 0) is 38.6 Å². The molecule has 0 saturated carbocycles. The number of nitrogens with one attached hydrogen (secondary N) is 1. The summed E-state index contributed by atoms with van der Waals surface area (Å²) >= 11 is 0. The van der Waals surface area contributed by atoms with Crippen molar-refractivity contribution in [1.82, 2.24) is 10.2 Å². The van der Waals surface area contributed by atoms with E-state index in [1.807, 2.05) is 4.90 Å². The summed E-state index contributed by atoms with van der Waals surface area (Å²) in [5.41, 5.74) is 5.75. The fourth-order valence-corrected chi connectivity index (χ4v) is 2.83. The van der Waals surface area contributed by atoms with E-state index in [1.54, 1.807) is 0 Å². The molecule has 1 amide bonds. The van der Waals surface area contributed by atoms with Crippen molar-refractivity contribution < 1.29 is 4.79 Å². The van der Waals surface area contributed by atoms with Crippen molar-refractivity contribution in [3.63, 3.8) is 0 Å². The van der Waals surface area contributed by atoms with Gasteiger partial charge in [0.25, 0.3) is 0 Å². The minimum atomic E-state index is 0.195. The molecule has 4 nitrogen and oxygen atoms in total. The molecule has 2 atom stereocenters. The smallest absolute Gasteiger partial charge is 0.227 e. The minimum absolute atomic E-state index is 0.195. The number of piperidine rings is 2. The zero-order chi connectivity index (χ0) is 11.4. The predicted molar refractivity (Wildman–Crippen MR) is 64.0 cm³/mol. The summed E-state index contributed by atoms with van der Waals surface area (Å²) in [7, 11) is 0. The molecule has 2 rings (SSSR count). The van der Waals surface area contributed by atoms with E-state index in [1.165, 1.54) is 6.42 Å². The lowest BCUT2D eigenvalue weighted by Gasteiger charge is -2.38. The number of hydrogen-bond donors (Lipinski definition) is 2. The molecule has 2 heterocycles. The Kier molecular flexibility index (Phi) is 4.18. The summed E-state index contributed by atoms with van der Waals surface area (Å²) in [6.45, 7) is 3.44. The summed E-state index contributed by atoms with van der Waals surface area (Å²) < 4.78 is 0. The Morgan fingerprint density at radius 3 is 2.88 bits per heavy atom. The Morgan fingerprint density at radius 2 is 2.19 bits per heavy atom. The normalized spacial score (nSPS) is 31.4. The fraction of sp³-hybridized carbons (Fsp3) is 0.917. The first-order chi connectivity index (χ1) is 7.83. The molecule has 0 aromatic rings. The number of carbonyl (C=O) groups excluding carboxylic acids is 1. The molecule has 3 N–H and O–H groups in total. The maximum atomic E-state index is 12.4. The van der Waals surface area contributed by atoms with Crippen LogP contribution in [0.5, 0.6) is 0 Å². The van der Waals surface area contributed by atoms with Crippen LogP contribution in [0.1, 0.15) is 32.1 Å². The Hall–Kier alpha value is -0.610. The van der Waals surface area contributed by atoms with Gasteiger partial charge >= 0.3 is 0 Å². The second-order valence-electron chi connectivity index (χ2n) is 4.96. The molecule has 2 aliphatic heterocycles. The Labute approximate surface area is 97.6 Å². The third kappa shape index (κ3) is 2.55. The van der Waals surface area contributed by atoms with Gasteiger partial charge in [-0.3, -0.25) is 4.79 Å². The Balaban J connectivity index is 1.95. The average molecular weight is 225 g/mol. The lowest BCUT2D eigenvalue weighted by molar-refractivity contribution is -0.139. The molecule has 2 aliphatic rings. The van der Waals surface area contributed by atoms with Crippen molar-refractivity contribution in [3.8, 4) is 0 Å². The van der Waals surface area contributed by atoms with E-state index in [-0.39, 0.29) is 5.92 Å². The first-order valence-corrected chi connectivity index (χ1v) is 6.54. The summed E-state index contributed by atoms with van der Waals surface area (Å²) in [5.74, 6) is 0.531.